The Bertz CT molecular complexity index is 477. The third-order valence-corrected chi connectivity index (χ3v) is 7.31. The molecule has 0 radical (unpaired) electrons. The van der Waals surface area contributed by atoms with Crippen LogP contribution >= 0.6 is 0 Å². The van der Waals surface area contributed by atoms with Gasteiger partial charge >= 0.3 is 11.9 Å². The molecule has 0 aliphatic carbocycles. The summed E-state index contributed by atoms with van der Waals surface area (Å²) < 4.78 is 5.53. The number of carbonyl (C=O) groups is 2. The van der Waals surface area contributed by atoms with Gasteiger partial charge in [-0.3, -0.25) is 9.59 Å². The van der Waals surface area contributed by atoms with Gasteiger partial charge in [-0.1, -0.05) is 155 Å². The molecular formula is C32H62O4. The lowest BCUT2D eigenvalue weighted by Gasteiger charge is -2.16. The highest BCUT2D eigenvalue weighted by Crippen LogP contribution is 2.17. The van der Waals surface area contributed by atoms with E-state index in [4.69, 9.17) is 9.84 Å². The number of carboxylic acid groups (broad SMARTS) is 1. The molecule has 214 valence electrons. The minimum absolute atomic E-state index is 0.0678. The van der Waals surface area contributed by atoms with Gasteiger partial charge in [0.15, 0.2) is 0 Å². The minimum Gasteiger partial charge on any atom is -0.481 e. The topological polar surface area (TPSA) is 63.6 Å². The lowest BCUT2D eigenvalue weighted by atomic mass is 10.0. The van der Waals surface area contributed by atoms with Crippen LogP contribution in [0.5, 0.6) is 0 Å². The Morgan fingerprint density at radius 2 is 0.861 bits per heavy atom. The van der Waals surface area contributed by atoms with Crippen molar-refractivity contribution in [3.8, 4) is 0 Å². The van der Waals surface area contributed by atoms with Crippen molar-refractivity contribution in [3.05, 3.63) is 0 Å². The van der Waals surface area contributed by atoms with Gasteiger partial charge < -0.3 is 9.84 Å². The first-order valence-corrected chi connectivity index (χ1v) is 16.0. The average Bonchev–Trinajstić information content (AvgIpc) is 2.85. The Hall–Kier alpha value is -1.06. The monoisotopic (exact) mass is 510 g/mol. The molecule has 0 amide bonds. The van der Waals surface area contributed by atoms with Gasteiger partial charge in [-0.15, -0.1) is 0 Å². The van der Waals surface area contributed by atoms with Gasteiger partial charge in [0, 0.05) is 6.42 Å². The van der Waals surface area contributed by atoms with Crippen LogP contribution in [0, 0.1) is 0 Å². The van der Waals surface area contributed by atoms with Gasteiger partial charge in [-0.2, -0.15) is 0 Å². The molecule has 1 N–H and O–H groups in total. The minimum atomic E-state index is -0.879. The highest BCUT2D eigenvalue weighted by Gasteiger charge is 2.17. The smallest absolute Gasteiger partial charge is 0.307 e. The molecule has 0 heterocycles. The molecule has 0 rings (SSSR count). The number of ether oxygens (including phenoxy) is 1. The molecule has 36 heavy (non-hydrogen) atoms. The fourth-order valence-electron chi connectivity index (χ4n) is 4.97. The van der Waals surface area contributed by atoms with Gasteiger partial charge in [0.25, 0.3) is 0 Å². The second-order valence-electron chi connectivity index (χ2n) is 11.0. The molecule has 0 saturated carbocycles. The zero-order valence-electron chi connectivity index (χ0n) is 24.3. The summed E-state index contributed by atoms with van der Waals surface area (Å²) in [6.07, 6.45) is 31.2. The van der Waals surface area contributed by atoms with E-state index in [1.54, 1.807) is 0 Å². The molecule has 4 heteroatoms. The van der Waals surface area contributed by atoms with Gasteiger partial charge in [-0.25, -0.2) is 0 Å². The van der Waals surface area contributed by atoms with Crippen LogP contribution in [-0.2, 0) is 14.3 Å². The van der Waals surface area contributed by atoms with E-state index >= 15 is 0 Å². The predicted molar refractivity (Wildman–Crippen MR) is 154 cm³/mol. The van der Waals surface area contributed by atoms with Gasteiger partial charge in [0.05, 0.1) is 6.42 Å². The number of hydrogen-bond acceptors (Lipinski definition) is 3. The first kappa shape index (κ1) is 34.9. The van der Waals surface area contributed by atoms with Gasteiger partial charge in [0.2, 0.25) is 0 Å². The largest absolute Gasteiger partial charge is 0.481 e. The molecule has 1 atom stereocenters. The lowest BCUT2D eigenvalue weighted by Crippen LogP contribution is -2.21. The Morgan fingerprint density at radius 3 is 1.22 bits per heavy atom. The molecule has 0 saturated heterocycles. The normalized spacial score (nSPS) is 12.1. The maximum Gasteiger partial charge on any atom is 0.307 e. The van der Waals surface area contributed by atoms with E-state index in [1.165, 1.54) is 128 Å². The predicted octanol–water partition coefficient (Wildman–Crippen LogP) is 10.6. The van der Waals surface area contributed by atoms with Crippen LogP contribution in [0.2, 0.25) is 0 Å². The van der Waals surface area contributed by atoms with Crippen molar-refractivity contribution >= 4 is 11.9 Å². The molecule has 4 nitrogen and oxygen atoms in total. The SMILES string of the molecule is CCCCCCCCCCCCCCCCCC(=O)OC(CCCCCCCCCCC)CC(=O)O. The van der Waals surface area contributed by atoms with E-state index in [0.717, 1.165) is 25.7 Å². The summed E-state index contributed by atoms with van der Waals surface area (Å²) in [5, 5.41) is 9.17. The molecule has 0 aromatic rings. The number of esters is 1. The van der Waals surface area contributed by atoms with Crippen LogP contribution in [0.1, 0.15) is 187 Å². The lowest BCUT2D eigenvalue weighted by molar-refractivity contribution is -0.153. The molecule has 0 aliphatic rings. The van der Waals surface area contributed by atoms with Crippen molar-refractivity contribution in [1.82, 2.24) is 0 Å². The van der Waals surface area contributed by atoms with E-state index in [2.05, 4.69) is 13.8 Å². The second-order valence-corrected chi connectivity index (χ2v) is 11.0. The first-order chi connectivity index (χ1) is 17.6. The molecule has 0 fully saturated rings. The van der Waals surface area contributed by atoms with Gasteiger partial charge in [-0.05, 0) is 19.3 Å². The second kappa shape index (κ2) is 28.5. The summed E-state index contributed by atoms with van der Waals surface area (Å²) in [5.74, 6) is -1.09. The summed E-state index contributed by atoms with van der Waals surface area (Å²) in [7, 11) is 0. The fourth-order valence-corrected chi connectivity index (χ4v) is 4.97. The maximum absolute atomic E-state index is 12.2. The Kier molecular flexibility index (Phi) is 27.7. The third-order valence-electron chi connectivity index (χ3n) is 7.31. The molecule has 0 bridgehead atoms. The number of unbranched alkanes of at least 4 members (excludes halogenated alkanes) is 22. The van der Waals surface area contributed by atoms with E-state index in [-0.39, 0.29) is 12.4 Å². The van der Waals surface area contributed by atoms with Crippen molar-refractivity contribution in [2.45, 2.75) is 193 Å². The maximum atomic E-state index is 12.2. The Labute approximate surface area is 224 Å². The van der Waals surface area contributed by atoms with Crippen LogP contribution < -0.4 is 0 Å². The van der Waals surface area contributed by atoms with E-state index in [0.29, 0.717) is 12.8 Å². The Morgan fingerprint density at radius 1 is 0.528 bits per heavy atom. The molecule has 0 aromatic heterocycles. The number of carbonyl (C=O) groups excluding carboxylic acids is 1. The van der Waals surface area contributed by atoms with Crippen LogP contribution in [0.3, 0.4) is 0 Å². The van der Waals surface area contributed by atoms with Crippen molar-refractivity contribution in [2.24, 2.45) is 0 Å². The summed E-state index contributed by atoms with van der Waals surface area (Å²) >= 11 is 0. The van der Waals surface area contributed by atoms with Crippen LogP contribution in [-0.4, -0.2) is 23.1 Å². The van der Waals surface area contributed by atoms with Crippen LogP contribution in [0.15, 0.2) is 0 Å². The van der Waals surface area contributed by atoms with Gasteiger partial charge in [0.1, 0.15) is 6.10 Å². The number of carboxylic acids is 1. The third kappa shape index (κ3) is 27.5. The van der Waals surface area contributed by atoms with Crippen molar-refractivity contribution < 1.29 is 19.4 Å². The van der Waals surface area contributed by atoms with Crippen molar-refractivity contribution in [1.29, 1.82) is 0 Å². The summed E-state index contributed by atoms with van der Waals surface area (Å²) in [5.41, 5.74) is 0. The van der Waals surface area contributed by atoms with Crippen LogP contribution in [0.25, 0.3) is 0 Å². The number of rotatable bonds is 29. The standard InChI is InChI=1S/C32H62O4/c1-3-5-7-9-11-13-14-15-16-17-18-20-22-24-26-28-32(35)36-30(29-31(33)34)27-25-23-21-19-12-10-8-6-4-2/h30H,3-29H2,1-2H3,(H,33,34). The molecular weight excluding hydrogens is 448 g/mol. The highest BCUT2D eigenvalue weighted by atomic mass is 16.5. The van der Waals surface area contributed by atoms with E-state index in [1.807, 2.05) is 0 Å². The zero-order valence-corrected chi connectivity index (χ0v) is 24.3. The van der Waals surface area contributed by atoms with E-state index < -0.39 is 12.1 Å². The molecule has 1 unspecified atom stereocenters. The quantitative estimate of drug-likeness (QED) is 0.0802. The summed E-state index contributed by atoms with van der Waals surface area (Å²) in [6, 6.07) is 0. The highest BCUT2D eigenvalue weighted by molar-refractivity contribution is 5.71. The number of aliphatic carboxylic acids is 1. The van der Waals surface area contributed by atoms with E-state index in [9.17, 15) is 9.59 Å². The van der Waals surface area contributed by atoms with Crippen molar-refractivity contribution in [2.75, 3.05) is 0 Å². The number of hydrogen-bond donors (Lipinski definition) is 1. The summed E-state index contributed by atoms with van der Waals surface area (Å²) in [6.45, 7) is 4.51. The average molecular weight is 511 g/mol. The Balaban J connectivity index is 3.62. The van der Waals surface area contributed by atoms with Crippen LogP contribution in [0.4, 0.5) is 0 Å². The summed E-state index contributed by atoms with van der Waals surface area (Å²) in [4.78, 5) is 23.4. The fraction of sp³-hybridized carbons (Fsp3) is 0.938. The molecule has 0 aromatic carbocycles. The zero-order chi connectivity index (χ0) is 26.5. The molecule has 0 spiro atoms. The molecule has 0 aliphatic heterocycles. The van der Waals surface area contributed by atoms with Crippen molar-refractivity contribution in [3.63, 3.8) is 0 Å². The first-order valence-electron chi connectivity index (χ1n) is 16.0.